The van der Waals surface area contributed by atoms with Gasteiger partial charge in [-0.15, -0.1) is 0 Å². The van der Waals surface area contributed by atoms with Crippen molar-refractivity contribution < 1.29 is 19.1 Å². The number of carbonyl (C=O) groups excluding carboxylic acids is 3. The van der Waals surface area contributed by atoms with E-state index in [1.54, 1.807) is 23.9 Å². The Morgan fingerprint density at radius 1 is 1.00 bits per heavy atom. The molecule has 1 aliphatic heterocycles. The second kappa shape index (κ2) is 9.13. The van der Waals surface area contributed by atoms with E-state index < -0.39 is 0 Å². The Morgan fingerprint density at radius 3 is 2.47 bits per heavy atom. The summed E-state index contributed by atoms with van der Waals surface area (Å²) in [5.41, 5.74) is 2.61. The maximum atomic E-state index is 13.0. The van der Waals surface area contributed by atoms with E-state index in [0.717, 1.165) is 43.5 Å². The molecule has 2 heterocycles. The van der Waals surface area contributed by atoms with Gasteiger partial charge in [0, 0.05) is 17.8 Å². The van der Waals surface area contributed by atoms with E-state index in [0.29, 0.717) is 22.4 Å². The number of nitrogens with one attached hydrogen (secondary N) is 1. The summed E-state index contributed by atoms with van der Waals surface area (Å²) in [7, 11) is 1.62. The molecule has 5 rings (SSSR count). The van der Waals surface area contributed by atoms with Gasteiger partial charge < -0.3 is 10.1 Å². The van der Waals surface area contributed by atoms with E-state index in [-0.39, 0.29) is 30.3 Å². The van der Waals surface area contributed by atoms with E-state index in [1.165, 1.54) is 11.0 Å². The molecule has 3 aromatic rings. The van der Waals surface area contributed by atoms with Crippen LogP contribution in [0.4, 0.5) is 0 Å². The standard InChI is InChI=1S/C26H26N4O4/c1-34-21-10-8-19(9-11-21)29-14-13-18(28-29)16-27-24(31)17-7-12-22-23(15-17)26(33)30(25(22)32)20-5-3-2-4-6-20/h7-15,20H,2-6,16H2,1H3,(H,27,31). The van der Waals surface area contributed by atoms with Gasteiger partial charge in [0.1, 0.15) is 5.75 Å². The van der Waals surface area contributed by atoms with Crippen molar-refractivity contribution in [1.82, 2.24) is 20.0 Å². The summed E-state index contributed by atoms with van der Waals surface area (Å²) in [6, 6.07) is 14.0. The zero-order chi connectivity index (χ0) is 23.7. The Hall–Kier alpha value is -3.94. The Kier molecular flexibility index (Phi) is 5.88. The lowest BCUT2D eigenvalue weighted by molar-refractivity contribution is 0.0548. The average molecular weight is 459 g/mol. The maximum absolute atomic E-state index is 13.0. The predicted molar refractivity (Wildman–Crippen MR) is 125 cm³/mol. The lowest BCUT2D eigenvalue weighted by Crippen LogP contribution is -2.40. The van der Waals surface area contributed by atoms with Gasteiger partial charge in [0.25, 0.3) is 17.7 Å². The number of benzene rings is 2. The molecule has 1 aliphatic carbocycles. The number of imide groups is 1. The van der Waals surface area contributed by atoms with Crippen LogP contribution < -0.4 is 10.1 Å². The molecule has 0 spiro atoms. The molecule has 1 fully saturated rings. The third-order valence-electron chi connectivity index (χ3n) is 6.53. The molecule has 0 bridgehead atoms. The van der Waals surface area contributed by atoms with Crippen LogP contribution in [0.3, 0.4) is 0 Å². The number of ether oxygens (including phenoxy) is 1. The number of hydrogen-bond donors (Lipinski definition) is 1. The Balaban J connectivity index is 1.25. The third-order valence-corrected chi connectivity index (χ3v) is 6.53. The molecule has 3 amide bonds. The van der Waals surface area contributed by atoms with Gasteiger partial charge in [-0.1, -0.05) is 19.3 Å². The van der Waals surface area contributed by atoms with Gasteiger partial charge in [-0.05, 0) is 61.4 Å². The maximum Gasteiger partial charge on any atom is 0.261 e. The van der Waals surface area contributed by atoms with Crippen LogP contribution >= 0.6 is 0 Å². The second-order valence-electron chi connectivity index (χ2n) is 8.66. The van der Waals surface area contributed by atoms with Crippen LogP contribution in [0, 0.1) is 0 Å². The molecule has 174 valence electrons. The van der Waals surface area contributed by atoms with Crippen molar-refractivity contribution in [3.8, 4) is 11.4 Å². The van der Waals surface area contributed by atoms with Gasteiger partial charge in [0.2, 0.25) is 0 Å². The molecule has 1 N–H and O–H groups in total. The quantitative estimate of drug-likeness (QED) is 0.568. The van der Waals surface area contributed by atoms with Gasteiger partial charge in [-0.3, -0.25) is 19.3 Å². The van der Waals surface area contributed by atoms with E-state index >= 15 is 0 Å². The van der Waals surface area contributed by atoms with Crippen molar-refractivity contribution in [3.05, 3.63) is 77.1 Å². The largest absolute Gasteiger partial charge is 0.497 e. The topological polar surface area (TPSA) is 93.5 Å². The number of nitrogens with zero attached hydrogens (tertiary/aromatic N) is 3. The van der Waals surface area contributed by atoms with Crippen LogP contribution in [-0.2, 0) is 6.54 Å². The first kappa shape index (κ1) is 21.9. The average Bonchev–Trinajstić information content (AvgIpc) is 3.45. The molecule has 2 aliphatic rings. The number of rotatable bonds is 6. The Labute approximate surface area is 197 Å². The van der Waals surface area contributed by atoms with Gasteiger partial charge in [0.15, 0.2) is 0 Å². The van der Waals surface area contributed by atoms with Crippen LogP contribution in [0.15, 0.2) is 54.7 Å². The predicted octanol–water partition coefficient (Wildman–Crippen LogP) is 3.74. The summed E-state index contributed by atoms with van der Waals surface area (Å²) in [6.45, 7) is 0.236. The molecular weight excluding hydrogens is 432 g/mol. The Bertz CT molecular complexity index is 1240. The fourth-order valence-electron chi connectivity index (χ4n) is 4.68. The summed E-state index contributed by atoms with van der Waals surface area (Å²) in [5, 5.41) is 7.34. The molecule has 0 atom stereocenters. The number of aromatic nitrogens is 2. The van der Waals surface area contributed by atoms with E-state index in [2.05, 4.69) is 10.4 Å². The number of carbonyl (C=O) groups is 3. The molecule has 8 nitrogen and oxygen atoms in total. The molecule has 0 unspecified atom stereocenters. The minimum absolute atomic E-state index is 0.0424. The van der Waals surface area contributed by atoms with E-state index in [1.807, 2.05) is 36.5 Å². The molecule has 34 heavy (non-hydrogen) atoms. The van der Waals surface area contributed by atoms with Crippen LogP contribution in [-0.4, -0.2) is 45.6 Å². The Morgan fingerprint density at radius 2 is 1.74 bits per heavy atom. The van der Waals surface area contributed by atoms with Crippen molar-refractivity contribution in [2.45, 2.75) is 44.7 Å². The fourth-order valence-corrected chi connectivity index (χ4v) is 4.68. The van der Waals surface area contributed by atoms with Crippen molar-refractivity contribution in [2.75, 3.05) is 7.11 Å². The third kappa shape index (κ3) is 4.07. The first-order valence-electron chi connectivity index (χ1n) is 11.5. The lowest BCUT2D eigenvalue weighted by atomic mass is 9.94. The molecular formula is C26H26N4O4. The lowest BCUT2D eigenvalue weighted by Gasteiger charge is -2.29. The minimum Gasteiger partial charge on any atom is -0.497 e. The highest BCUT2D eigenvalue weighted by atomic mass is 16.5. The van der Waals surface area contributed by atoms with Gasteiger partial charge in [-0.25, -0.2) is 4.68 Å². The number of fused-ring (bicyclic) bond motifs is 1. The number of amides is 3. The molecule has 0 saturated heterocycles. The summed E-state index contributed by atoms with van der Waals surface area (Å²) >= 11 is 0. The van der Waals surface area contributed by atoms with Crippen LogP contribution in [0.1, 0.15) is 68.9 Å². The SMILES string of the molecule is COc1ccc(-n2ccc(CNC(=O)c3ccc4c(c3)C(=O)N(C3CCCCC3)C4=O)n2)cc1. The van der Waals surface area contributed by atoms with Crippen molar-refractivity contribution in [2.24, 2.45) is 0 Å². The normalized spacial score (nSPS) is 16.0. The first-order chi connectivity index (χ1) is 16.5. The van der Waals surface area contributed by atoms with Crippen LogP contribution in [0.5, 0.6) is 5.75 Å². The summed E-state index contributed by atoms with van der Waals surface area (Å²) < 4.78 is 6.90. The molecule has 1 saturated carbocycles. The molecule has 8 heteroatoms. The minimum atomic E-state index is -0.321. The van der Waals surface area contributed by atoms with Crippen molar-refractivity contribution in [1.29, 1.82) is 0 Å². The summed E-state index contributed by atoms with van der Waals surface area (Å²) in [5.74, 6) is -0.0966. The highest BCUT2D eigenvalue weighted by Gasteiger charge is 2.40. The smallest absolute Gasteiger partial charge is 0.261 e. The molecule has 2 aromatic carbocycles. The summed E-state index contributed by atoms with van der Waals surface area (Å²) in [4.78, 5) is 40.0. The van der Waals surface area contributed by atoms with Crippen molar-refractivity contribution in [3.63, 3.8) is 0 Å². The summed E-state index contributed by atoms with van der Waals surface area (Å²) in [6.07, 6.45) is 6.72. The van der Waals surface area contributed by atoms with Crippen LogP contribution in [0.2, 0.25) is 0 Å². The zero-order valence-corrected chi connectivity index (χ0v) is 19.0. The zero-order valence-electron chi connectivity index (χ0n) is 19.0. The molecule has 0 radical (unpaired) electrons. The highest BCUT2D eigenvalue weighted by Crippen LogP contribution is 2.31. The van der Waals surface area contributed by atoms with E-state index in [4.69, 9.17) is 4.74 Å². The molecule has 1 aromatic heterocycles. The monoisotopic (exact) mass is 458 g/mol. The van der Waals surface area contributed by atoms with Crippen molar-refractivity contribution >= 4 is 17.7 Å². The van der Waals surface area contributed by atoms with Crippen LogP contribution in [0.25, 0.3) is 5.69 Å². The second-order valence-corrected chi connectivity index (χ2v) is 8.66. The van der Waals surface area contributed by atoms with Gasteiger partial charge in [-0.2, -0.15) is 5.10 Å². The number of methoxy groups -OCH3 is 1. The van der Waals surface area contributed by atoms with Gasteiger partial charge in [0.05, 0.1) is 36.2 Å². The van der Waals surface area contributed by atoms with E-state index in [9.17, 15) is 14.4 Å². The first-order valence-corrected chi connectivity index (χ1v) is 11.5. The van der Waals surface area contributed by atoms with Gasteiger partial charge >= 0.3 is 0 Å². The fraction of sp³-hybridized carbons (Fsp3) is 0.308. The highest BCUT2D eigenvalue weighted by molar-refractivity contribution is 6.22. The number of hydrogen-bond acceptors (Lipinski definition) is 5.